The number of thioether (sulfide) groups is 1. The Hall–Kier alpha value is -1.07. The van der Waals surface area contributed by atoms with Gasteiger partial charge in [-0.2, -0.15) is 0 Å². The van der Waals surface area contributed by atoms with Crippen LogP contribution < -0.4 is 5.32 Å². The first-order chi connectivity index (χ1) is 8.58. The van der Waals surface area contributed by atoms with Gasteiger partial charge >= 0.3 is 0 Å². The summed E-state index contributed by atoms with van der Waals surface area (Å²) in [7, 11) is 0. The molecule has 1 heterocycles. The number of aromatic nitrogens is 1. The predicted octanol–water partition coefficient (Wildman–Crippen LogP) is 1.94. The molecule has 0 aromatic carbocycles. The predicted molar refractivity (Wildman–Crippen MR) is 73.8 cm³/mol. The number of nitrogens with zero attached hydrogens (tertiary/aromatic N) is 1. The van der Waals surface area contributed by atoms with Crippen molar-refractivity contribution < 1.29 is 9.90 Å². The first-order valence-electron chi connectivity index (χ1n) is 6.04. The lowest BCUT2D eigenvalue weighted by Crippen LogP contribution is -2.35. The molecular formula is C13H20N2O2S. The highest BCUT2D eigenvalue weighted by Gasteiger charge is 2.14. The van der Waals surface area contributed by atoms with Crippen molar-refractivity contribution in [3.63, 3.8) is 0 Å². The van der Waals surface area contributed by atoms with E-state index in [1.807, 2.05) is 26.2 Å². The van der Waals surface area contributed by atoms with E-state index in [4.69, 9.17) is 0 Å². The van der Waals surface area contributed by atoms with Gasteiger partial charge in [-0.15, -0.1) is 11.8 Å². The number of carbonyl (C=O) groups is 1. The van der Waals surface area contributed by atoms with Crippen LogP contribution in [-0.2, 0) is 0 Å². The summed E-state index contributed by atoms with van der Waals surface area (Å²) in [5.41, 5.74) is 0.518. The molecule has 1 amide bonds. The normalized spacial score (nSPS) is 14.0. The van der Waals surface area contributed by atoms with Gasteiger partial charge in [-0.05, 0) is 24.3 Å². The number of nitrogens with one attached hydrogen (secondary N) is 1. The van der Waals surface area contributed by atoms with Crippen LogP contribution in [0.5, 0.6) is 0 Å². The summed E-state index contributed by atoms with van der Waals surface area (Å²) >= 11 is 1.53. The molecule has 5 heteroatoms. The molecule has 2 unspecified atom stereocenters. The summed E-state index contributed by atoms with van der Waals surface area (Å²) < 4.78 is 0. The minimum atomic E-state index is -0.502. The summed E-state index contributed by atoms with van der Waals surface area (Å²) in [6.07, 6.45) is 3.87. The fourth-order valence-corrected chi connectivity index (χ4v) is 1.77. The SMILES string of the molecule is CCC(C)C(O)CNC(=O)c1ccc(SC)nc1. The average Bonchev–Trinajstić information content (AvgIpc) is 2.43. The van der Waals surface area contributed by atoms with Crippen molar-refractivity contribution in [2.45, 2.75) is 31.4 Å². The van der Waals surface area contributed by atoms with Crippen molar-refractivity contribution in [1.82, 2.24) is 10.3 Å². The Kier molecular flexibility index (Phi) is 6.15. The molecule has 0 bridgehead atoms. The monoisotopic (exact) mass is 268 g/mol. The first kappa shape index (κ1) is 15.0. The van der Waals surface area contributed by atoms with Crippen molar-refractivity contribution in [2.24, 2.45) is 5.92 Å². The molecule has 0 fully saturated rings. The van der Waals surface area contributed by atoms with E-state index in [0.29, 0.717) is 5.56 Å². The average molecular weight is 268 g/mol. The molecule has 18 heavy (non-hydrogen) atoms. The topological polar surface area (TPSA) is 62.2 Å². The van der Waals surface area contributed by atoms with Crippen molar-refractivity contribution in [1.29, 1.82) is 0 Å². The Morgan fingerprint density at radius 3 is 2.78 bits per heavy atom. The molecule has 2 N–H and O–H groups in total. The maximum atomic E-state index is 11.8. The second-order valence-electron chi connectivity index (χ2n) is 4.25. The van der Waals surface area contributed by atoms with Gasteiger partial charge in [0.1, 0.15) is 0 Å². The summed E-state index contributed by atoms with van der Waals surface area (Å²) in [5, 5.41) is 13.4. The summed E-state index contributed by atoms with van der Waals surface area (Å²) in [6.45, 7) is 4.25. The standard InChI is InChI=1S/C13H20N2O2S/c1-4-9(2)11(16)8-15-13(17)10-5-6-12(18-3)14-7-10/h5-7,9,11,16H,4,8H2,1-3H3,(H,15,17). The quantitative estimate of drug-likeness (QED) is 0.774. The zero-order valence-electron chi connectivity index (χ0n) is 11.0. The second-order valence-corrected chi connectivity index (χ2v) is 5.08. The van der Waals surface area contributed by atoms with E-state index in [0.717, 1.165) is 11.4 Å². The van der Waals surface area contributed by atoms with Gasteiger partial charge in [-0.3, -0.25) is 4.79 Å². The molecule has 0 aliphatic carbocycles. The molecule has 100 valence electrons. The third kappa shape index (κ3) is 4.31. The van der Waals surface area contributed by atoms with Gasteiger partial charge in [0, 0.05) is 12.7 Å². The maximum absolute atomic E-state index is 11.8. The number of hydrogen-bond donors (Lipinski definition) is 2. The number of aliphatic hydroxyl groups is 1. The number of rotatable bonds is 6. The Labute approximate surface area is 112 Å². The summed E-state index contributed by atoms with van der Waals surface area (Å²) in [6, 6.07) is 3.55. The zero-order chi connectivity index (χ0) is 13.5. The van der Waals surface area contributed by atoms with Crippen LogP contribution in [0.25, 0.3) is 0 Å². The van der Waals surface area contributed by atoms with Crippen LogP contribution in [0.3, 0.4) is 0 Å². The largest absolute Gasteiger partial charge is 0.391 e. The Balaban J connectivity index is 2.49. The highest BCUT2D eigenvalue weighted by Crippen LogP contribution is 2.11. The van der Waals surface area contributed by atoms with E-state index >= 15 is 0 Å². The Morgan fingerprint density at radius 2 is 2.28 bits per heavy atom. The van der Waals surface area contributed by atoms with E-state index in [2.05, 4.69) is 10.3 Å². The second kappa shape index (κ2) is 7.38. The fraction of sp³-hybridized carbons (Fsp3) is 0.538. The third-order valence-corrected chi connectivity index (χ3v) is 3.64. The van der Waals surface area contributed by atoms with Gasteiger partial charge in [0.15, 0.2) is 0 Å². The fourth-order valence-electron chi connectivity index (χ4n) is 1.41. The number of carbonyl (C=O) groups excluding carboxylic acids is 1. The molecule has 0 aliphatic rings. The molecule has 1 aromatic heterocycles. The zero-order valence-corrected chi connectivity index (χ0v) is 11.8. The van der Waals surface area contributed by atoms with Crippen LogP contribution in [0.15, 0.2) is 23.4 Å². The minimum Gasteiger partial charge on any atom is -0.391 e. The van der Waals surface area contributed by atoms with E-state index in [1.165, 1.54) is 11.8 Å². The number of pyridine rings is 1. The molecule has 0 saturated heterocycles. The van der Waals surface area contributed by atoms with Gasteiger partial charge in [-0.25, -0.2) is 4.98 Å². The van der Waals surface area contributed by atoms with Crippen LogP contribution in [0.2, 0.25) is 0 Å². The minimum absolute atomic E-state index is 0.183. The lowest BCUT2D eigenvalue weighted by atomic mass is 10.0. The molecule has 1 rings (SSSR count). The van der Waals surface area contributed by atoms with Gasteiger partial charge in [0.25, 0.3) is 5.91 Å². The number of amides is 1. The smallest absolute Gasteiger partial charge is 0.252 e. The molecule has 0 saturated carbocycles. The summed E-state index contributed by atoms with van der Waals surface area (Å²) in [5.74, 6) is -0.0141. The van der Waals surface area contributed by atoms with E-state index < -0.39 is 6.10 Å². The Bertz CT molecular complexity index is 381. The third-order valence-electron chi connectivity index (χ3n) is 2.98. The van der Waals surface area contributed by atoms with Crippen molar-refractivity contribution >= 4 is 17.7 Å². The summed E-state index contributed by atoms with van der Waals surface area (Å²) in [4.78, 5) is 15.9. The van der Waals surface area contributed by atoms with Gasteiger partial charge in [0.05, 0.1) is 16.7 Å². The highest BCUT2D eigenvalue weighted by molar-refractivity contribution is 7.98. The molecule has 2 atom stereocenters. The van der Waals surface area contributed by atoms with Crippen LogP contribution in [0.4, 0.5) is 0 Å². The van der Waals surface area contributed by atoms with Crippen LogP contribution in [0.1, 0.15) is 30.6 Å². The molecule has 1 aromatic rings. The molecule has 0 spiro atoms. The molecule has 4 nitrogen and oxygen atoms in total. The maximum Gasteiger partial charge on any atom is 0.252 e. The Morgan fingerprint density at radius 1 is 1.56 bits per heavy atom. The van der Waals surface area contributed by atoms with Crippen LogP contribution >= 0.6 is 11.8 Å². The van der Waals surface area contributed by atoms with Crippen LogP contribution in [0, 0.1) is 5.92 Å². The van der Waals surface area contributed by atoms with E-state index in [-0.39, 0.29) is 18.4 Å². The number of hydrogen-bond acceptors (Lipinski definition) is 4. The number of aliphatic hydroxyl groups excluding tert-OH is 1. The van der Waals surface area contributed by atoms with Crippen molar-refractivity contribution in [3.05, 3.63) is 23.9 Å². The first-order valence-corrected chi connectivity index (χ1v) is 7.27. The van der Waals surface area contributed by atoms with Crippen molar-refractivity contribution in [2.75, 3.05) is 12.8 Å². The lowest BCUT2D eigenvalue weighted by Gasteiger charge is -2.17. The van der Waals surface area contributed by atoms with Gasteiger partial charge < -0.3 is 10.4 Å². The van der Waals surface area contributed by atoms with Crippen molar-refractivity contribution in [3.8, 4) is 0 Å². The van der Waals surface area contributed by atoms with Gasteiger partial charge in [-0.1, -0.05) is 20.3 Å². The van der Waals surface area contributed by atoms with Gasteiger partial charge in [0.2, 0.25) is 0 Å². The molecule has 0 radical (unpaired) electrons. The molecular weight excluding hydrogens is 248 g/mol. The molecule has 0 aliphatic heterocycles. The van der Waals surface area contributed by atoms with Crippen LogP contribution in [-0.4, -0.2) is 34.9 Å². The highest BCUT2D eigenvalue weighted by atomic mass is 32.2. The van der Waals surface area contributed by atoms with E-state index in [9.17, 15) is 9.90 Å². The van der Waals surface area contributed by atoms with E-state index in [1.54, 1.807) is 12.3 Å². The lowest BCUT2D eigenvalue weighted by molar-refractivity contribution is 0.0850.